The molecule has 3 heteroatoms. The van der Waals surface area contributed by atoms with Crippen LogP contribution in [0.2, 0.25) is 0 Å². The molecular weight excluding hydrogens is 200 g/mol. The summed E-state index contributed by atoms with van der Waals surface area (Å²) in [7, 11) is 0. The van der Waals surface area contributed by atoms with Gasteiger partial charge in [0.25, 0.3) is 0 Å². The SMILES string of the molecule is CC1CCCC(C)N1C(=O)C1CCCCN1. The quantitative estimate of drug-likeness (QED) is 0.738. The molecule has 2 heterocycles. The first-order chi connectivity index (χ1) is 7.70. The van der Waals surface area contributed by atoms with Crippen LogP contribution in [0, 0.1) is 0 Å². The summed E-state index contributed by atoms with van der Waals surface area (Å²) in [6, 6.07) is 0.955. The van der Waals surface area contributed by atoms with Crippen molar-refractivity contribution in [1.29, 1.82) is 0 Å². The van der Waals surface area contributed by atoms with Crippen molar-refractivity contribution in [1.82, 2.24) is 10.2 Å². The number of hydrogen-bond donors (Lipinski definition) is 1. The van der Waals surface area contributed by atoms with E-state index in [1.165, 1.54) is 32.1 Å². The van der Waals surface area contributed by atoms with Gasteiger partial charge in [-0.2, -0.15) is 0 Å². The standard InChI is InChI=1S/C13H24N2O/c1-10-6-5-7-11(2)15(10)13(16)12-8-3-4-9-14-12/h10-12,14H,3-9H2,1-2H3. The van der Waals surface area contributed by atoms with Crippen LogP contribution in [-0.4, -0.2) is 35.5 Å². The third-order valence-corrected chi connectivity index (χ3v) is 4.06. The second-order valence-electron chi connectivity index (χ2n) is 5.38. The van der Waals surface area contributed by atoms with Crippen molar-refractivity contribution in [3.8, 4) is 0 Å². The Balaban J connectivity index is 2.00. The fourth-order valence-corrected chi connectivity index (χ4v) is 3.10. The number of rotatable bonds is 1. The van der Waals surface area contributed by atoms with E-state index < -0.39 is 0 Å². The molecule has 0 spiro atoms. The molecule has 2 saturated heterocycles. The fraction of sp³-hybridized carbons (Fsp3) is 0.923. The van der Waals surface area contributed by atoms with E-state index in [0.29, 0.717) is 18.0 Å². The van der Waals surface area contributed by atoms with Crippen molar-refractivity contribution >= 4 is 5.91 Å². The summed E-state index contributed by atoms with van der Waals surface area (Å²) >= 11 is 0. The molecule has 2 rings (SSSR count). The summed E-state index contributed by atoms with van der Waals surface area (Å²) in [5.74, 6) is 0.347. The second-order valence-corrected chi connectivity index (χ2v) is 5.38. The van der Waals surface area contributed by atoms with Crippen LogP contribution in [0.25, 0.3) is 0 Å². The normalized spacial score (nSPS) is 36.1. The maximum atomic E-state index is 12.4. The highest BCUT2D eigenvalue weighted by atomic mass is 16.2. The predicted octanol–water partition coefficient (Wildman–Crippen LogP) is 1.92. The molecule has 0 aromatic rings. The van der Waals surface area contributed by atoms with Gasteiger partial charge in [-0.3, -0.25) is 4.79 Å². The highest BCUT2D eigenvalue weighted by Gasteiger charge is 2.33. The molecule has 3 nitrogen and oxygen atoms in total. The molecule has 0 aliphatic carbocycles. The predicted molar refractivity (Wildman–Crippen MR) is 65.3 cm³/mol. The van der Waals surface area contributed by atoms with E-state index in [1.807, 2.05) is 0 Å². The van der Waals surface area contributed by atoms with E-state index in [4.69, 9.17) is 0 Å². The molecule has 0 aromatic heterocycles. The van der Waals surface area contributed by atoms with Crippen LogP contribution >= 0.6 is 0 Å². The highest BCUT2D eigenvalue weighted by Crippen LogP contribution is 2.24. The van der Waals surface area contributed by atoms with E-state index in [0.717, 1.165) is 13.0 Å². The first-order valence-electron chi connectivity index (χ1n) is 6.75. The number of amides is 1. The third kappa shape index (κ3) is 2.40. The highest BCUT2D eigenvalue weighted by molar-refractivity contribution is 5.82. The third-order valence-electron chi connectivity index (χ3n) is 4.06. The van der Waals surface area contributed by atoms with Crippen LogP contribution in [0.15, 0.2) is 0 Å². The van der Waals surface area contributed by atoms with Crippen LogP contribution < -0.4 is 5.32 Å². The van der Waals surface area contributed by atoms with Crippen molar-refractivity contribution in [2.75, 3.05) is 6.54 Å². The Morgan fingerprint density at radius 2 is 1.75 bits per heavy atom. The van der Waals surface area contributed by atoms with Gasteiger partial charge in [0.1, 0.15) is 0 Å². The monoisotopic (exact) mass is 224 g/mol. The van der Waals surface area contributed by atoms with Gasteiger partial charge in [0, 0.05) is 12.1 Å². The van der Waals surface area contributed by atoms with Crippen molar-refractivity contribution in [2.45, 2.75) is 70.5 Å². The summed E-state index contributed by atoms with van der Waals surface area (Å²) in [5, 5.41) is 3.37. The Morgan fingerprint density at radius 3 is 2.31 bits per heavy atom. The minimum Gasteiger partial charge on any atom is -0.336 e. The van der Waals surface area contributed by atoms with Crippen LogP contribution in [0.5, 0.6) is 0 Å². The fourth-order valence-electron chi connectivity index (χ4n) is 3.10. The lowest BCUT2D eigenvalue weighted by Gasteiger charge is -2.41. The van der Waals surface area contributed by atoms with Gasteiger partial charge in [-0.05, 0) is 52.5 Å². The van der Waals surface area contributed by atoms with Gasteiger partial charge in [-0.25, -0.2) is 0 Å². The smallest absolute Gasteiger partial charge is 0.240 e. The number of nitrogens with one attached hydrogen (secondary N) is 1. The van der Waals surface area contributed by atoms with Gasteiger partial charge < -0.3 is 10.2 Å². The Labute approximate surface area is 98.6 Å². The summed E-state index contributed by atoms with van der Waals surface area (Å²) in [4.78, 5) is 14.6. The van der Waals surface area contributed by atoms with Crippen molar-refractivity contribution < 1.29 is 4.79 Å². The molecule has 0 saturated carbocycles. The summed E-state index contributed by atoms with van der Waals surface area (Å²) < 4.78 is 0. The molecule has 0 aromatic carbocycles. The first-order valence-corrected chi connectivity index (χ1v) is 6.75. The molecule has 3 unspecified atom stereocenters. The first kappa shape index (κ1) is 11.9. The Bertz CT molecular complexity index is 238. The van der Waals surface area contributed by atoms with Gasteiger partial charge in [-0.1, -0.05) is 6.42 Å². The number of carbonyl (C=O) groups is 1. The zero-order valence-corrected chi connectivity index (χ0v) is 10.5. The number of carbonyl (C=O) groups excluding carboxylic acids is 1. The summed E-state index contributed by atoms with van der Waals surface area (Å²) in [6.45, 7) is 5.39. The van der Waals surface area contributed by atoms with E-state index in [9.17, 15) is 4.79 Å². The lowest BCUT2D eigenvalue weighted by Crippen LogP contribution is -2.55. The van der Waals surface area contributed by atoms with Gasteiger partial charge in [0.05, 0.1) is 6.04 Å². The minimum absolute atomic E-state index is 0.0942. The minimum atomic E-state index is 0.0942. The number of hydrogen-bond acceptors (Lipinski definition) is 2. The molecule has 2 aliphatic rings. The van der Waals surface area contributed by atoms with Crippen molar-refractivity contribution in [2.24, 2.45) is 0 Å². The summed E-state index contributed by atoms with van der Waals surface area (Å²) in [5.41, 5.74) is 0. The van der Waals surface area contributed by atoms with Crippen molar-refractivity contribution in [3.63, 3.8) is 0 Å². The molecule has 2 aliphatic heterocycles. The molecule has 16 heavy (non-hydrogen) atoms. The zero-order valence-electron chi connectivity index (χ0n) is 10.5. The molecule has 1 N–H and O–H groups in total. The number of nitrogens with zero attached hydrogens (tertiary/aromatic N) is 1. The van der Waals surface area contributed by atoms with Crippen LogP contribution in [0.4, 0.5) is 0 Å². The average Bonchev–Trinajstić information content (AvgIpc) is 2.30. The number of piperidine rings is 2. The largest absolute Gasteiger partial charge is 0.336 e. The Kier molecular flexibility index (Phi) is 3.85. The van der Waals surface area contributed by atoms with Gasteiger partial charge >= 0.3 is 0 Å². The lowest BCUT2D eigenvalue weighted by molar-refractivity contribution is -0.140. The Morgan fingerprint density at radius 1 is 1.06 bits per heavy atom. The average molecular weight is 224 g/mol. The van der Waals surface area contributed by atoms with E-state index in [2.05, 4.69) is 24.1 Å². The lowest BCUT2D eigenvalue weighted by atomic mass is 9.95. The number of likely N-dealkylation sites (tertiary alicyclic amines) is 1. The second kappa shape index (κ2) is 5.17. The van der Waals surface area contributed by atoms with Crippen LogP contribution in [0.3, 0.4) is 0 Å². The van der Waals surface area contributed by atoms with Gasteiger partial charge in [0.15, 0.2) is 0 Å². The topological polar surface area (TPSA) is 32.3 Å². The van der Waals surface area contributed by atoms with Crippen molar-refractivity contribution in [3.05, 3.63) is 0 Å². The molecule has 2 fully saturated rings. The van der Waals surface area contributed by atoms with Crippen LogP contribution in [0.1, 0.15) is 52.4 Å². The van der Waals surface area contributed by atoms with E-state index >= 15 is 0 Å². The van der Waals surface area contributed by atoms with Crippen LogP contribution in [-0.2, 0) is 4.79 Å². The molecule has 1 amide bonds. The van der Waals surface area contributed by atoms with Gasteiger partial charge in [0.2, 0.25) is 5.91 Å². The maximum absolute atomic E-state index is 12.4. The zero-order chi connectivity index (χ0) is 11.5. The molecule has 3 atom stereocenters. The van der Waals surface area contributed by atoms with E-state index in [-0.39, 0.29) is 6.04 Å². The van der Waals surface area contributed by atoms with E-state index in [1.54, 1.807) is 0 Å². The molecule has 92 valence electrons. The maximum Gasteiger partial charge on any atom is 0.240 e. The Hall–Kier alpha value is -0.570. The molecule has 0 bridgehead atoms. The van der Waals surface area contributed by atoms with Gasteiger partial charge in [-0.15, -0.1) is 0 Å². The summed E-state index contributed by atoms with van der Waals surface area (Å²) in [6.07, 6.45) is 7.04. The molecule has 0 radical (unpaired) electrons. The molecular formula is C13H24N2O.